The Kier molecular flexibility index (Phi) is 4.75. The number of anilines is 1. The Morgan fingerprint density at radius 3 is 2.55 bits per heavy atom. The van der Waals surface area contributed by atoms with Crippen LogP contribution >= 0.6 is 11.3 Å². The lowest BCUT2D eigenvalue weighted by Gasteiger charge is -2.06. The normalized spacial score (nSPS) is 11.6. The van der Waals surface area contributed by atoms with Gasteiger partial charge in [-0.2, -0.15) is 18.3 Å². The summed E-state index contributed by atoms with van der Waals surface area (Å²) in [6.07, 6.45) is -4.64. The highest BCUT2D eigenvalue weighted by Crippen LogP contribution is 2.39. The summed E-state index contributed by atoms with van der Waals surface area (Å²) < 4.78 is 46.8. The Bertz CT molecular complexity index is 1180. The zero-order valence-corrected chi connectivity index (χ0v) is 15.8. The molecule has 0 radical (unpaired) electrons. The van der Waals surface area contributed by atoms with Crippen LogP contribution in [0.4, 0.5) is 18.9 Å². The number of benzene rings is 2. The lowest BCUT2D eigenvalue weighted by molar-refractivity contribution is -0.140. The third-order valence-electron chi connectivity index (χ3n) is 4.18. The number of halogens is 3. The monoisotopic (exact) mass is 417 g/mol. The Morgan fingerprint density at radius 2 is 1.86 bits per heavy atom. The van der Waals surface area contributed by atoms with Gasteiger partial charge < -0.3 is 10.1 Å². The number of hydrogen-bond acceptors (Lipinski definition) is 4. The molecule has 0 aliphatic heterocycles. The number of rotatable bonds is 4. The van der Waals surface area contributed by atoms with Crippen molar-refractivity contribution < 1.29 is 22.7 Å². The van der Waals surface area contributed by atoms with Crippen molar-refractivity contribution in [2.45, 2.75) is 6.18 Å². The molecule has 9 heteroatoms. The Balaban J connectivity index is 1.76. The van der Waals surface area contributed by atoms with Crippen molar-refractivity contribution in [1.29, 1.82) is 0 Å². The molecule has 0 unspecified atom stereocenters. The summed E-state index contributed by atoms with van der Waals surface area (Å²) in [6, 6.07) is 16.4. The number of para-hydroxylation sites is 1. The SMILES string of the molecule is COc1cccc(NC(=O)c2cc3c(C(F)(F)F)nn(-c4ccccc4)c3s2)c1. The maximum Gasteiger partial charge on any atom is 0.435 e. The molecule has 1 amide bonds. The van der Waals surface area contributed by atoms with Crippen LogP contribution in [-0.4, -0.2) is 22.8 Å². The van der Waals surface area contributed by atoms with Gasteiger partial charge in [0.1, 0.15) is 10.6 Å². The Labute approximate surface area is 167 Å². The first-order valence-electron chi connectivity index (χ1n) is 8.47. The number of carbonyl (C=O) groups is 1. The van der Waals surface area contributed by atoms with Gasteiger partial charge in [0.05, 0.1) is 17.7 Å². The number of amides is 1. The van der Waals surface area contributed by atoms with Crippen molar-refractivity contribution in [3.8, 4) is 11.4 Å². The van der Waals surface area contributed by atoms with Gasteiger partial charge in [-0.05, 0) is 30.3 Å². The van der Waals surface area contributed by atoms with E-state index in [4.69, 9.17) is 4.74 Å². The van der Waals surface area contributed by atoms with E-state index in [-0.39, 0.29) is 15.1 Å². The van der Waals surface area contributed by atoms with E-state index in [9.17, 15) is 18.0 Å². The van der Waals surface area contributed by atoms with Crippen molar-refractivity contribution in [2.24, 2.45) is 0 Å². The van der Waals surface area contributed by atoms with Crippen molar-refractivity contribution in [3.63, 3.8) is 0 Å². The number of methoxy groups -OCH3 is 1. The van der Waals surface area contributed by atoms with Crippen LogP contribution in [-0.2, 0) is 6.18 Å². The van der Waals surface area contributed by atoms with Gasteiger partial charge in [-0.25, -0.2) is 4.68 Å². The van der Waals surface area contributed by atoms with Gasteiger partial charge in [0.25, 0.3) is 5.91 Å². The molecule has 5 nitrogen and oxygen atoms in total. The predicted octanol–water partition coefficient (Wildman–Crippen LogP) is 5.37. The van der Waals surface area contributed by atoms with Crippen LogP contribution in [0.25, 0.3) is 15.9 Å². The number of alkyl halides is 3. The molecular formula is C20H14F3N3O2S. The molecule has 0 bridgehead atoms. The molecule has 0 fully saturated rings. The van der Waals surface area contributed by atoms with Crippen molar-refractivity contribution in [3.05, 3.63) is 71.2 Å². The molecule has 2 aromatic carbocycles. The predicted molar refractivity (Wildman–Crippen MR) is 105 cm³/mol. The fourth-order valence-corrected chi connectivity index (χ4v) is 3.89. The van der Waals surface area contributed by atoms with Crippen molar-refractivity contribution in [2.75, 3.05) is 12.4 Å². The highest BCUT2D eigenvalue weighted by atomic mass is 32.1. The van der Waals surface area contributed by atoms with Crippen molar-refractivity contribution >= 4 is 33.1 Å². The number of nitrogens with zero attached hydrogens (tertiary/aromatic N) is 2. The summed E-state index contributed by atoms with van der Waals surface area (Å²) in [5.41, 5.74) is -0.0600. The fraction of sp³-hybridized carbons (Fsp3) is 0.100. The van der Waals surface area contributed by atoms with E-state index in [1.54, 1.807) is 54.6 Å². The second-order valence-corrected chi connectivity index (χ2v) is 7.14. The summed E-state index contributed by atoms with van der Waals surface area (Å²) in [6.45, 7) is 0. The number of thiophene rings is 1. The lowest BCUT2D eigenvalue weighted by atomic mass is 10.2. The van der Waals surface area contributed by atoms with E-state index in [1.165, 1.54) is 17.9 Å². The third kappa shape index (κ3) is 3.68. The first kappa shape index (κ1) is 19.0. The molecule has 2 heterocycles. The maximum absolute atomic E-state index is 13.5. The highest BCUT2D eigenvalue weighted by molar-refractivity contribution is 7.20. The average molecular weight is 417 g/mol. The number of aromatic nitrogens is 2. The molecule has 0 aliphatic rings. The van der Waals surface area contributed by atoms with Crippen LogP contribution in [0.5, 0.6) is 5.75 Å². The standard InChI is InChI=1S/C20H14F3N3O2S/c1-28-14-9-5-6-12(10-14)24-18(27)16-11-15-17(20(21,22)23)25-26(19(15)29-16)13-7-3-2-4-8-13/h2-11H,1H3,(H,24,27). The van der Waals surface area contributed by atoms with Gasteiger partial charge in [0.15, 0.2) is 5.69 Å². The smallest absolute Gasteiger partial charge is 0.435 e. The topological polar surface area (TPSA) is 56.1 Å². The second kappa shape index (κ2) is 7.25. The molecule has 0 aliphatic carbocycles. The van der Waals surface area contributed by atoms with E-state index in [0.717, 1.165) is 11.3 Å². The number of hydrogen-bond donors (Lipinski definition) is 1. The van der Waals surface area contributed by atoms with E-state index in [0.29, 0.717) is 17.1 Å². The number of fused-ring (bicyclic) bond motifs is 1. The van der Waals surface area contributed by atoms with Gasteiger partial charge >= 0.3 is 6.18 Å². The quantitative estimate of drug-likeness (QED) is 0.486. The third-order valence-corrected chi connectivity index (χ3v) is 5.29. The van der Waals surface area contributed by atoms with Crippen LogP contribution in [0.1, 0.15) is 15.4 Å². The minimum Gasteiger partial charge on any atom is -0.497 e. The van der Waals surface area contributed by atoms with E-state index in [2.05, 4.69) is 10.4 Å². The summed E-state index contributed by atoms with van der Waals surface area (Å²) >= 11 is 0.950. The van der Waals surface area contributed by atoms with Crippen LogP contribution < -0.4 is 10.1 Å². The average Bonchev–Trinajstić information content (AvgIpc) is 3.27. The molecule has 0 saturated carbocycles. The van der Waals surface area contributed by atoms with E-state index in [1.807, 2.05) is 0 Å². The largest absolute Gasteiger partial charge is 0.497 e. The van der Waals surface area contributed by atoms with Gasteiger partial charge in [0, 0.05) is 17.1 Å². The first-order chi connectivity index (χ1) is 13.9. The molecule has 4 rings (SSSR count). The summed E-state index contributed by atoms with van der Waals surface area (Å²) in [7, 11) is 1.50. The molecule has 2 aromatic heterocycles. The molecule has 1 N–H and O–H groups in total. The van der Waals surface area contributed by atoms with Gasteiger partial charge in [-0.1, -0.05) is 24.3 Å². The lowest BCUT2D eigenvalue weighted by Crippen LogP contribution is -2.11. The number of carbonyl (C=O) groups excluding carboxylic acids is 1. The summed E-state index contributed by atoms with van der Waals surface area (Å²) in [5, 5.41) is 6.32. The summed E-state index contributed by atoms with van der Waals surface area (Å²) in [4.78, 5) is 13.0. The van der Waals surface area contributed by atoms with E-state index < -0.39 is 17.8 Å². The molecule has 0 saturated heterocycles. The van der Waals surface area contributed by atoms with Crippen LogP contribution in [0.2, 0.25) is 0 Å². The summed E-state index contributed by atoms with van der Waals surface area (Å²) in [5.74, 6) is 0.0467. The van der Waals surface area contributed by atoms with E-state index >= 15 is 0 Å². The zero-order chi connectivity index (χ0) is 20.6. The maximum atomic E-state index is 13.5. The van der Waals surface area contributed by atoms with Gasteiger partial charge in [0.2, 0.25) is 0 Å². The molecule has 0 atom stereocenters. The molecule has 29 heavy (non-hydrogen) atoms. The van der Waals surface area contributed by atoms with Crippen LogP contribution in [0, 0.1) is 0 Å². The van der Waals surface area contributed by atoms with Gasteiger partial charge in [-0.15, -0.1) is 11.3 Å². The minimum absolute atomic E-state index is 0.109. The Morgan fingerprint density at radius 1 is 1.10 bits per heavy atom. The first-order valence-corrected chi connectivity index (χ1v) is 9.29. The minimum atomic E-state index is -4.64. The van der Waals surface area contributed by atoms with Crippen LogP contribution in [0.15, 0.2) is 60.7 Å². The number of ether oxygens (including phenoxy) is 1. The zero-order valence-electron chi connectivity index (χ0n) is 15.0. The fourth-order valence-electron chi connectivity index (χ4n) is 2.87. The van der Waals surface area contributed by atoms with Gasteiger partial charge in [-0.3, -0.25) is 4.79 Å². The molecule has 0 spiro atoms. The molecule has 4 aromatic rings. The molecular weight excluding hydrogens is 403 g/mol. The van der Waals surface area contributed by atoms with Crippen molar-refractivity contribution in [1.82, 2.24) is 9.78 Å². The Hall–Kier alpha value is -3.33. The van der Waals surface area contributed by atoms with Crippen LogP contribution in [0.3, 0.4) is 0 Å². The highest BCUT2D eigenvalue weighted by Gasteiger charge is 2.38. The number of nitrogens with one attached hydrogen (secondary N) is 1. The molecule has 148 valence electrons. The second-order valence-electron chi connectivity index (χ2n) is 6.11.